The second-order valence-electron chi connectivity index (χ2n) is 5.15. The Balaban J connectivity index is 2.12. The summed E-state index contributed by atoms with van der Waals surface area (Å²) in [5, 5.41) is 7.54. The van der Waals surface area contributed by atoms with Gasteiger partial charge in [0.15, 0.2) is 0 Å². The van der Waals surface area contributed by atoms with E-state index < -0.39 is 0 Å². The quantitative estimate of drug-likeness (QED) is 0.877. The zero-order valence-electron chi connectivity index (χ0n) is 12.4. The van der Waals surface area contributed by atoms with Gasteiger partial charge >= 0.3 is 0 Å². The van der Waals surface area contributed by atoms with Gasteiger partial charge in [-0.15, -0.1) is 0 Å². The van der Waals surface area contributed by atoms with Gasteiger partial charge in [-0.25, -0.2) is 4.39 Å². The highest BCUT2D eigenvalue weighted by molar-refractivity contribution is 5.27. The van der Waals surface area contributed by atoms with E-state index in [0.717, 1.165) is 24.9 Å². The molecule has 0 aliphatic rings. The Morgan fingerprint density at radius 2 is 2.20 bits per heavy atom. The van der Waals surface area contributed by atoms with Gasteiger partial charge < -0.3 is 5.32 Å². The first-order valence-electron chi connectivity index (χ1n) is 7.07. The van der Waals surface area contributed by atoms with E-state index in [2.05, 4.69) is 10.4 Å². The van der Waals surface area contributed by atoms with Crippen molar-refractivity contribution < 1.29 is 4.39 Å². The Morgan fingerprint density at radius 1 is 1.40 bits per heavy atom. The SMILES string of the molecule is CCNC(CCc1cnn(C)c1)c1cccc(C)c1F. The Kier molecular flexibility index (Phi) is 4.90. The smallest absolute Gasteiger partial charge is 0.130 e. The summed E-state index contributed by atoms with van der Waals surface area (Å²) in [7, 11) is 1.91. The molecule has 4 heteroatoms. The Bertz CT molecular complexity index is 563. The van der Waals surface area contributed by atoms with Crippen LogP contribution in [0.1, 0.15) is 36.1 Å². The molecule has 0 spiro atoms. The molecule has 20 heavy (non-hydrogen) atoms. The van der Waals surface area contributed by atoms with Crippen molar-refractivity contribution >= 4 is 0 Å². The van der Waals surface area contributed by atoms with E-state index in [4.69, 9.17) is 0 Å². The molecule has 1 atom stereocenters. The van der Waals surface area contributed by atoms with Crippen LogP contribution in [0.3, 0.4) is 0 Å². The fourth-order valence-corrected chi connectivity index (χ4v) is 2.47. The van der Waals surface area contributed by atoms with Crippen LogP contribution in [0, 0.1) is 12.7 Å². The second-order valence-corrected chi connectivity index (χ2v) is 5.15. The summed E-state index contributed by atoms with van der Waals surface area (Å²) in [5.74, 6) is -0.0929. The number of nitrogens with zero attached hydrogens (tertiary/aromatic N) is 2. The minimum Gasteiger partial charge on any atom is -0.310 e. The van der Waals surface area contributed by atoms with E-state index in [1.807, 2.05) is 51.5 Å². The maximum atomic E-state index is 14.2. The lowest BCUT2D eigenvalue weighted by atomic mass is 9.98. The van der Waals surface area contributed by atoms with Crippen LogP contribution in [0.2, 0.25) is 0 Å². The van der Waals surface area contributed by atoms with Gasteiger partial charge in [0.05, 0.1) is 6.20 Å². The van der Waals surface area contributed by atoms with Crippen LogP contribution in [0.25, 0.3) is 0 Å². The number of aromatic nitrogens is 2. The molecule has 1 aromatic heterocycles. The number of halogens is 1. The molecular weight excluding hydrogens is 253 g/mol. The average Bonchev–Trinajstić information content (AvgIpc) is 2.84. The summed E-state index contributed by atoms with van der Waals surface area (Å²) < 4.78 is 16.0. The second kappa shape index (κ2) is 6.66. The molecule has 1 N–H and O–H groups in total. The zero-order valence-corrected chi connectivity index (χ0v) is 12.4. The third-order valence-electron chi connectivity index (χ3n) is 3.53. The van der Waals surface area contributed by atoms with Gasteiger partial charge in [-0.3, -0.25) is 4.68 Å². The molecule has 2 aromatic rings. The van der Waals surface area contributed by atoms with Gasteiger partial charge in [-0.1, -0.05) is 25.1 Å². The van der Waals surface area contributed by atoms with Gasteiger partial charge in [0, 0.05) is 24.8 Å². The molecule has 1 aromatic carbocycles. The van der Waals surface area contributed by atoms with E-state index in [-0.39, 0.29) is 11.9 Å². The van der Waals surface area contributed by atoms with Crippen molar-refractivity contribution in [2.45, 2.75) is 32.7 Å². The molecule has 0 saturated heterocycles. The normalized spacial score (nSPS) is 12.6. The molecule has 0 saturated carbocycles. The lowest BCUT2D eigenvalue weighted by Crippen LogP contribution is -2.22. The number of nitrogens with one attached hydrogen (secondary N) is 1. The topological polar surface area (TPSA) is 29.9 Å². The van der Waals surface area contributed by atoms with Crippen molar-refractivity contribution in [3.63, 3.8) is 0 Å². The fourth-order valence-electron chi connectivity index (χ4n) is 2.47. The van der Waals surface area contributed by atoms with Crippen molar-refractivity contribution in [3.8, 4) is 0 Å². The van der Waals surface area contributed by atoms with Gasteiger partial charge in [0.25, 0.3) is 0 Å². The predicted molar refractivity (Wildman–Crippen MR) is 79.1 cm³/mol. The number of aryl methyl sites for hydroxylation is 3. The zero-order chi connectivity index (χ0) is 14.5. The van der Waals surface area contributed by atoms with Crippen LogP contribution in [0.4, 0.5) is 4.39 Å². The summed E-state index contributed by atoms with van der Waals surface area (Å²) in [4.78, 5) is 0. The minimum absolute atomic E-state index is 0.0418. The Morgan fingerprint density at radius 3 is 2.85 bits per heavy atom. The van der Waals surface area contributed by atoms with Crippen LogP contribution in [-0.2, 0) is 13.5 Å². The van der Waals surface area contributed by atoms with Crippen molar-refractivity contribution in [3.05, 3.63) is 53.1 Å². The lowest BCUT2D eigenvalue weighted by Gasteiger charge is -2.19. The standard InChI is InChI=1S/C16H22FN3/c1-4-18-15(9-8-13-10-19-20(3)11-13)14-7-5-6-12(2)16(14)17/h5-7,10-11,15,18H,4,8-9H2,1-3H3. The number of hydrogen-bond donors (Lipinski definition) is 1. The van der Waals surface area contributed by atoms with E-state index in [9.17, 15) is 4.39 Å². The van der Waals surface area contributed by atoms with Crippen molar-refractivity contribution in [1.82, 2.24) is 15.1 Å². The maximum Gasteiger partial charge on any atom is 0.130 e. The van der Waals surface area contributed by atoms with Gasteiger partial charge in [0.1, 0.15) is 5.82 Å². The molecule has 3 nitrogen and oxygen atoms in total. The molecule has 1 unspecified atom stereocenters. The molecule has 0 aliphatic heterocycles. The first-order valence-corrected chi connectivity index (χ1v) is 7.07. The molecule has 108 valence electrons. The van der Waals surface area contributed by atoms with Crippen LogP contribution >= 0.6 is 0 Å². The van der Waals surface area contributed by atoms with Crippen LogP contribution < -0.4 is 5.32 Å². The molecule has 0 fully saturated rings. The summed E-state index contributed by atoms with van der Waals surface area (Å²) >= 11 is 0. The van der Waals surface area contributed by atoms with E-state index >= 15 is 0 Å². The highest BCUT2D eigenvalue weighted by atomic mass is 19.1. The highest BCUT2D eigenvalue weighted by Gasteiger charge is 2.16. The number of benzene rings is 1. The maximum absolute atomic E-state index is 14.2. The van der Waals surface area contributed by atoms with Crippen LogP contribution in [0.15, 0.2) is 30.6 Å². The minimum atomic E-state index is -0.0929. The monoisotopic (exact) mass is 275 g/mol. The first-order chi connectivity index (χ1) is 9.61. The molecule has 0 aliphatic carbocycles. The third-order valence-corrected chi connectivity index (χ3v) is 3.53. The Labute approximate surface area is 119 Å². The van der Waals surface area contributed by atoms with Gasteiger partial charge in [-0.05, 0) is 37.4 Å². The Hall–Kier alpha value is -1.68. The van der Waals surface area contributed by atoms with Crippen LogP contribution in [-0.4, -0.2) is 16.3 Å². The fraction of sp³-hybridized carbons (Fsp3) is 0.438. The van der Waals surface area contributed by atoms with Crippen molar-refractivity contribution in [2.24, 2.45) is 7.05 Å². The predicted octanol–water partition coefficient (Wildman–Crippen LogP) is 3.15. The molecule has 0 radical (unpaired) electrons. The van der Waals surface area contributed by atoms with E-state index in [0.29, 0.717) is 5.56 Å². The molecule has 1 heterocycles. The number of rotatable bonds is 6. The summed E-state index contributed by atoms with van der Waals surface area (Å²) in [5.41, 5.74) is 2.64. The van der Waals surface area contributed by atoms with Crippen LogP contribution in [0.5, 0.6) is 0 Å². The van der Waals surface area contributed by atoms with E-state index in [1.54, 1.807) is 4.68 Å². The van der Waals surface area contributed by atoms with E-state index in [1.165, 1.54) is 5.56 Å². The molecule has 2 rings (SSSR count). The highest BCUT2D eigenvalue weighted by Crippen LogP contribution is 2.23. The molecular formula is C16H22FN3. The summed E-state index contributed by atoms with van der Waals surface area (Å²) in [6, 6.07) is 5.64. The van der Waals surface area contributed by atoms with Crippen molar-refractivity contribution in [1.29, 1.82) is 0 Å². The van der Waals surface area contributed by atoms with Gasteiger partial charge in [0.2, 0.25) is 0 Å². The third kappa shape index (κ3) is 3.45. The summed E-state index contributed by atoms with van der Waals surface area (Å²) in [6.07, 6.45) is 5.63. The largest absolute Gasteiger partial charge is 0.310 e. The summed E-state index contributed by atoms with van der Waals surface area (Å²) in [6.45, 7) is 4.68. The number of hydrogen-bond acceptors (Lipinski definition) is 2. The first kappa shape index (κ1) is 14.7. The average molecular weight is 275 g/mol. The van der Waals surface area contributed by atoms with Crippen molar-refractivity contribution in [2.75, 3.05) is 6.54 Å². The molecule has 0 bridgehead atoms. The van der Waals surface area contributed by atoms with Gasteiger partial charge in [-0.2, -0.15) is 5.10 Å². The lowest BCUT2D eigenvalue weighted by molar-refractivity contribution is 0.483. The molecule has 0 amide bonds.